The van der Waals surface area contributed by atoms with Gasteiger partial charge in [0.1, 0.15) is 0 Å². The van der Waals surface area contributed by atoms with E-state index >= 15 is 0 Å². The molecule has 20 heavy (non-hydrogen) atoms. The predicted molar refractivity (Wildman–Crippen MR) is 78.3 cm³/mol. The van der Waals surface area contributed by atoms with Crippen LogP contribution in [0.25, 0.3) is 0 Å². The Labute approximate surface area is 122 Å². The van der Waals surface area contributed by atoms with Gasteiger partial charge in [0.25, 0.3) is 0 Å². The number of carbonyl (C=O) groups excluding carboxylic acids is 2. The van der Waals surface area contributed by atoms with E-state index in [1.54, 1.807) is 0 Å². The van der Waals surface area contributed by atoms with E-state index in [9.17, 15) is 9.59 Å². The fourth-order valence-electron chi connectivity index (χ4n) is 2.77. The van der Waals surface area contributed by atoms with Crippen molar-refractivity contribution in [2.45, 2.75) is 52.5 Å². The molecule has 0 heterocycles. The Morgan fingerprint density at radius 1 is 1.20 bits per heavy atom. The Kier molecular flexibility index (Phi) is 7.59. The number of amides is 1. The minimum absolute atomic E-state index is 0.00949. The lowest BCUT2D eigenvalue weighted by molar-refractivity contribution is -0.149. The molecule has 1 N–H and O–H groups in total. The van der Waals surface area contributed by atoms with Crippen molar-refractivity contribution in [3.8, 4) is 0 Å². The Hall–Kier alpha value is -1.10. The number of esters is 1. The summed E-state index contributed by atoms with van der Waals surface area (Å²) in [4.78, 5) is 25.5. The van der Waals surface area contributed by atoms with Crippen LogP contribution in [0, 0.1) is 5.92 Å². The predicted octanol–water partition coefficient (Wildman–Crippen LogP) is 1.57. The Morgan fingerprint density at radius 2 is 1.90 bits per heavy atom. The number of hydrogen-bond acceptors (Lipinski definition) is 4. The molecule has 0 aromatic carbocycles. The highest BCUT2D eigenvalue weighted by molar-refractivity contribution is 5.78. The average Bonchev–Trinajstić information content (AvgIpc) is 2.47. The van der Waals surface area contributed by atoms with Crippen LogP contribution in [-0.2, 0) is 14.3 Å². The molecule has 0 aliphatic heterocycles. The number of hydrogen-bond donors (Lipinski definition) is 1. The molecule has 0 bridgehead atoms. The monoisotopic (exact) mass is 284 g/mol. The molecule has 2 unspecified atom stereocenters. The molecule has 2 atom stereocenters. The molecule has 0 aromatic rings. The molecule has 0 spiro atoms. The summed E-state index contributed by atoms with van der Waals surface area (Å²) in [6.45, 7) is 8.09. The van der Waals surface area contributed by atoms with Crippen LogP contribution < -0.4 is 5.32 Å². The van der Waals surface area contributed by atoms with Crippen LogP contribution in [0.2, 0.25) is 0 Å². The van der Waals surface area contributed by atoms with E-state index in [1.807, 2.05) is 25.7 Å². The number of carbonyl (C=O) groups is 2. The first kappa shape index (κ1) is 17.0. The van der Waals surface area contributed by atoms with Gasteiger partial charge in [-0.1, -0.05) is 6.42 Å². The maximum absolute atomic E-state index is 11.9. The first-order chi connectivity index (χ1) is 9.62. The molecule has 5 nitrogen and oxygen atoms in total. The van der Waals surface area contributed by atoms with E-state index in [2.05, 4.69) is 5.32 Å². The minimum Gasteiger partial charge on any atom is -0.466 e. The summed E-state index contributed by atoms with van der Waals surface area (Å²) in [7, 11) is 0. The quantitative estimate of drug-likeness (QED) is 0.721. The van der Waals surface area contributed by atoms with Crippen LogP contribution >= 0.6 is 0 Å². The standard InChI is InChI=1S/C15H28N2O3/c1-4-17(5-2)14(18)11-16-13-9-7-8-12(10-13)15(19)20-6-3/h12-13,16H,4-11H2,1-3H3. The molecule has 5 heteroatoms. The van der Waals surface area contributed by atoms with Gasteiger partial charge in [0, 0.05) is 19.1 Å². The van der Waals surface area contributed by atoms with Gasteiger partial charge in [-0.2, -0.15) is 0 Å². The Morgan fingerprint density at radius 3 is 2.50 bits per heavy atom. The topological polar surface area (TPSA) is 58.6 Å². The first-order valence-electron chi connectivity index (χ1n) is 7.80. The van der Waals surface area contributed by atoms with Gasteiger partial charge >= 0.3 is 5.97 Å². The van der Waals surface area contributed by atoms with E-state index in [0.717, 1.165) is 38.8 Å². The van der Waals surface area contributed by atoms with E-state index < -0.39 is 0 Å². The van der Waals surface area contributed by atoms with Crippen molar-refractivity contribution < 1.29 is 14.3 Å². The highest BCUT2D eigenvalue weighted by atomic mass is 16.5. The molecule has 1 saturated carbocycles. The van der Waals surface area contributed by atoms with Gasteiger partial charge < -0.3 is 15.0 Å². The molecular formula is C15H28N2O3. The molecule has 1 aliphatic rings. The molecule has 0 radical (unpaired) electrons. The normalized spacial score (nSPS) is 22.4. The van der Waals surface area contributed by atoms with E-state index in [4.69, 9.17) is 4.74 Å². The smallest absolute Gasteiger partial charge is 0.308 e. The van der Waals surface area contributed by atoms with Crippen LogP contribution in [0.1, 0.15) is 46.5 Å². The third-order valence-electron chi connectivity index (χ3n) is 3.95. The summed E-state index contributed by atoms with van der Waals surface area (Å²) in [5.74, 6) is 0.0343. The number of likely N-dealkylation sites (N-methyl/N-ethyl adjacent to an activating group) is 1. The molecular weight excluding hydrogens is 256 g/mol. The molecule has 0 saturated heterocycles. The maximum Gasteiger partial charge on any atom is 0.308 e. The maximum atomic E-state index is 11.9. The summed E-state index contributed by atoms with van der Waals surface area (Å²) >= 11 is 0. The highest BCUT2D eigenvalue weighted by Gasteiger charge is 2.28. The van der Waals surface area contributed by atoms with E-state index in [0.29, 0.717) is 13.2 Å². The van der Waals surface area contributed by atoms with Crippen LogP contribution in [0.15, 0.2) is 0 Å². The first-order valence-corrected chi connectivity index (χ1v) is 7.80. The van der Waals surface area contributed by atoms with E-state index in [1.165, 1.54) is 0 Å². The third-order valence-corrected chi connectivity index (χ3v) is 3.95. The van der Waals surface area contributed by atoms with Crippen LogP contribution in [0.4, 0.5) is 0 Å². The Bertz CT molecular complexity index is 316. The fraction of sp³-hybridized carbons (Fsp3) is 0.867. The van der Waals surface area contributed by atoms with Crippen molar-refractivity contribution in [1.29, 1.82) is 0 Å². The van der Waals surface area contributed by atoms with Gasteiger partial charge in [0.15, 0.2) is 0 Å². The number of nitrogens with one attached hydrogen (secondary N) is 1. The van der Waals surface area contributed by atoms with Gasteiger partial charge in [-0.25, -0.2) is 0 Å². The van der Waals surface area contributed by atoms with Crippen molar-refractivity contribution in [1.82, 2.24) is 10.2 Å². The zero-order valence-corrected chi connectivity index (χ0v) is 13.0. The van der Waals surface area contributed by atoms with Gasteiger partial charge in [-0.15, -0.1) is 0 Å². The minimum atomic E-state index is -0.0888. The molecule has 116 valence electrons. The largest absolute Gasteiger partial charge is 0.466 e. The SMILES string of the molecule is CCOC(=O)C1CCCC(NCC(=O)N(CC)CC)C1. The molecule has 1 aliphatic carbocycles. The molecule has 1 amide bonds. The zero-order valence-electron chi connectivity index (χ0n) is 13.0. The lowest BCUT2D eigenvalue weighted by Crippen LogP contribution is -2.44. The molecule has 0 aromatic heterocycles. The second kappa shape index (κ2) is 8.95. The molecule has 1 rings (SSSR count). The van der Waals surface area contributed by atoms with Crippen molar-refractivity contribution in [3.63, 3.8) is 0 Å². The summed E-state index contributed by atoms with van der Waals surface area (Å²) in [5, 5.41) is 3.30. The number of ether oxygens (including phenoxy) is 1. The fourth-order valence-corrected chi connectivity index (χ4v) is 2.77. The van der Waals surface area contributed by atoms with Crippen LogP contribution in [-0.4, -0.2) is 49.1 Å². The van der Waals surface area contributed by atoms with Gasteiger partial charge in [0.05, 0.1) is 19.1 Å². The number of nitrogens with zero attached hydrogens (tertiary/aromatic N) is 1. The second-order valence-electron chi connectivity index (χ2n) is 5.26. The van der Waals surface area contributed by atoms with Crippen molar-refractivity contribution in [2.75, 3.05) is 26.2 Å². The lowest BCUT2D eigenvalue weighted by Gasteiger charge is -2.29. The summed E-state index contributed by atoms with van der Waals surface area (Å²) in [6, 6.07) is 0.248. The Balaban J connectivity index is 2.37. The highest BCUT2D eigenvalue weighted by Crippen LogP contribution is 2.25. The van der Waals surface area contributed by atoms with Gasteiger partial charge in [0.2, 0.25) is 5.91 Å². The van der Waals surface area contributed by atoms with E-state index in [-0.39, 0.29) is 23.8 Å². The third kappa shape index (κ3) is 5.12. The van der Waals surface area contributed by atoms with Crippen molar-refractivity contribution in [3.05, 3.63) is 0 Å². The lowest BCUT2D eigenvalue weighted by atomic mass is 9.85. The van der Waals surface area contributed by atoms with Gasteiger partial charge in [-0.05, 0) is 40.0 Å². The summed E-state index contributed by atoms with van der Waals surface area (Å²) in [6.07, 6.45) is 3.73. The molecule has 1 fully saturated rings. The second-order valence-corrected chi connectivity index (χ2v) is 5.26. The van der Waals surface area contributed by atoms with Gasteiger partial charge in [-0.3, -0.25) is 9.59 Å². The van der Waals surface area contributed by atoms with Crippen molar-refractivity contribution >= 4 is 11.9 Å². The average molecular weight is 284 g/mol. The summed E-state index contributed by atoms with van der Waals surface area (Å²) < 4.78 is 5.09. The summed E-state index contributed by atoms with van der Waals surface area (Å²) in [5.41, 5.74) is 0. The van der Waals surface area contributed by atoms with Crippen molar-refractivity contribution in [2.24, 2.45) is 5.92 Å². The number of rotatable bonds is 7. The van der Waals surface area contributed by atoms with Crippen LogP contribution in [0.5, 0.6) is 0 Å². The zero-order chi connectivity index (χ0) is 15.0. The van der Waals surface area contributed by atoms with Crippen LogP contribution in [0.3, 0.4) is 0 Å².